The summed E-state index contributed by atoms with van der Waals surface area (Å²) < 4.78 is 4.17. The van der Waals surface area contributed by atoms with E-state index >= 15 is 0 Å². The molecule has 5 heteroatoms. The molecule has 60 valence electrons. The first kappa shape index (κ1) is 9.19. The van der Waals surface area contributed by atoms with Crippen molar-refractivity contribution in [2.75, 3.05) is 26.9 Å². The Hall–Kier alpha value is -0.810. The van der Waals surface area contributed by atoms with Crippen molar-refractivity contribution >= 4 is 6.09 Å². The lowest BCUT2D eigenvalue weighted by molar-refractivity contribution is 0.0445. The smallest absolute Gasteiger partial charge is 0.409 e. The van der Waals surface area contributed by atoms with Crippen LogP contribution >= 0.6 is 0 Å². The van der Waals surface area contributed by atoms with E-state index in [1.165, 1.54) is 0 Å². The summed E-state index contributed by atoms with van der Waals surface area (Å²) in [5.41, 5.74) is 0. The highest BCUT2D eigenvalue weighted by Gasteiger charge is 1.96. The quantitative estimate of drug-likeness (QED) is 0.349. The fraction of sp³-hybridized carbons (Fsp3) is 0.800. The lowest BCUT2D eigenvalue weighted by Crippen LogP contribution is -2.31. The molecule has 0 aliphatic rings. The van der Waals surface area contributed by atoms with E-state index in [1.807, 2.05) is 0 Å². The van der Waals surface area contributed by atoms with E-state index in [1.54, 1.807) is 7.05 Å². The van der Waals surface area contributed by atoms with Crippen molar-refractivity contribution in [3.63, 3.8) is 0 Å². The Labute approximate surface area is 59.4 Å². The number of nitrogens with one attached hydrogen (secondary N) is 2. The molecule has 0 heterocycles. The number of aliphatic hydroxyl groups excluding tert-OH is 1. The van der Waals surface area contributed by atoms with Gasteiger partial charge in [-0.3, -0.25) is 0 Å². The van der Waals surface area contributed by atoms with E-state index in [4.69, 9.17) is 5.11 Å². The number of hydrogen-bond donors (Lipinski definition) is 3. The van der Waals surface area contributed by atoms with Crippen LogP contribution in [0.15, 0.2) is 0 Å². The topological polar surface area (TPSA) is 70.6 Å². The van der Waals surface area contributed by atoms with Crippen molar-refractivity contribution in [1.82, 2.24) is 10.6 Å². The third-order valence-corrected chi connectivity index (χ3v) is 0.840. The first-order valence-corrected chi connectivity index (χ1v) is 2.97. The summed E-state index contributed by atoms with van der Waals surface area (Å²) >= 11 is 0. The molecule has 10 heavy (non-hydrogen) atoms. The predicted molar refractivity (Wildman–Crippen MR) is 35.5 cm³/mol. The van der Waals surface area contributed by atoms with Crippen LogP contribution in [0, 0.1) is 0 Å². The Balaban J connectivity index is 3.05. The number of rotatable bonds is 4. The monoisotopic (exact) mass is 148 g/mol. The molecule has 0 saturated heterocycles. The van der Waals surface area contributed by atoms with Crippen LogP contribution in [-0.4, -0.2) is 38.1 Å². The van der Waals surface area contributed by atoms with Gasteiger partial charge in [-0.25, -0.2) is 4.79 Å². The van der Waals surface area contributed by atoms with E-state index in [0.717, 1.165) is 0 Å². The highest BCUT2D eigenvalue weighted by Crippen LogP contribution is 1.71. The molecule has 0 radical (unpaired) electrons. The van der Waals surface area contributed by atoms with Crippen LogP contribution in [0.4, 0.5) is 4.79 Å². The second-order valence-corrected chi connectivity index (χ2v) is 1.59. The van der Waals surface area contributed by atoms with Crippen LogP contribution in [0.1, 0.15) is 0 Å². The van der Waals surface area contributed by atoms with Crippen molar-refractivity contribution in [3.05, 3.63) is 0 Å². The van der Waals surface area contributed by atoms with Gasteiger partial charge in [-0.1, -0.05) is 0 Å². The van der Waals surface area contributed by atoms with Crippen molar-refractivity contribution in [1.29, 1.82) is 0 Å². The molecule has 1 amide bonds. The van der Waals surface area contributed by atoms with Gasteiger partial charge in [-0.05, 0) is 7.05 Å². The predicted octanol–water partition coefficient (Wildman–Crippen LogP) is -1.12. The molecule has 0 aromatic rings. The fourth-order valence-corrected chi connectivity index (χ4v) is 0.399. The van der Waals surface area contributed by atoms with Crippen molar-refractivity contribution < 1.29 is 14.6 Å². The molecule has 0 bridgehead atoms. The van der Waals surface area contributed by atoms with Gasteiger partial charge in [0, 0.05) is 13.1 Å². The van der Waals surface area contributed by atoms with Gasteiger partial charge in [0.15, 0.2) is 6.79 Å². The summed E-state index contributed by atoms with van der Waals surface area (Å²) in [6, 6.07) is 0. The molecule has 3 N–H and O–H groups in total. The molecule has 0 rings (SSSR count). The average Bonchev–Trinajstić information content (AvgIpc) is 1.89. The molecule has 0 spiro atoms. The Bertz CT molecular complexity index is 96.9. The van der Waals surface area contributed by atoms with Gasteiger partial charge in [-0.15, -0.1) is 0 Å². The van der Waals surface area contributed by atoms with E-state index in [9.17, 15) is 4.79 Å². The zero-order valence-corrected chi connectivity index (χ0v) is 5.89. The third-order valence-electron chi connectivity index (χ3n) is 0.840. The maximum Gasteiger partial charge on any atom is 0.409 e. The Morgan fingerprint density at radius 2 is 2.30 bits per heavy atom. The highest BCUT2D eigenvalue weighted by molar-refractivity contribution is 5.66. The molecule has 0 aromatic heterocycles. The molecule has 0 aliphatic carbocycles. The van der Waals surface area contributed by atoms with Crippen LogP contribution in [0.5, 0.6) is 0 Å². The molecule has 0 aromatic carbocycles. The fourth-order valence-electron chi connectivity index (χ4n) is 0.399. The van der Waals surface area contributed by atoms with E-state index in [-0.39, 0.29) is 0 Å². The summed E-state index contributed by atoms with van der Waals surface area (Å²) in [7, 11) is 1.78. The summed E-state index contributed by atoms with van der Waals surface area (Å²) in [5.74, 6) is 0. The zero-order valence-electron chi connectivity index (χ0n) is 5.89. The molecular weight excluding hydrogens is 136 g/mol. The second-order valence-electron chi connectivity index (χ2n) is 1.59. The Morgan fingerprint density at radius 3 is 2.80 bits per heavy atom. The normalized spacial score (nSPS) is 9.00. The van der Waals surface area contributed by atoms with Crippen LogP contribution in [-0.2, 0) is 4.74 Å². The van der Waals surface area contributed by atoms with Crippen molar-refractivity contribution in [3.8, 4) is 0 Å². The van der Waals surface area contributed by atoms with Gasteiger partial charge >= 0.3 is 6.09 Å². The van der Waals surface area contributed by atoms with Crippen molar-refractivity contribution in [2.24, 2.45) is 0 Å². The minimum absolute atomic E-state index is 0.495. The molecule has 0 atom stereocenters. The number of likely N-dealkylation sites (N-methyl/N-ethyl adjacent to an activating group) is 1. The molecule has 0 fully saturated rings. The molecule has 0 saturated carbocycles. The van der Waals surface area contributed by atoms with Gasteiger partial charge in [0.2, 0.25) is 0 Å². The summed E-state index contributed by atoms with van der Waals surface area (Å²) in [5, 5.41) is 13.3. The summed E-state index contributed by atoms with van der Waals surface area (Å²) in [4.78, 5) is 10.4. The number of amides is 1. The number of aliphatic hydroxyl groups is 1. The number of ether oxygens (including phenoxy) is 1. The Morgan fingerprint density at radius 1 is 1.60 bits per heavy atom. The maximum atomic E-state index is 10.4. The van der Waals surface area contributed by atoms with Crippen LogP contribution in [0.25, 0.3) is 0 Å². The lowest BCUT2D eigenvalue weighted by atomic mass is 10.6. The van der Waals surface area contributed by atoms with E-state index < -0.39 is 12.9 Å². The number of carbonyl (C=O) groups is 1. The zero-order chi connectivity index (χ0) is 7.82. The average molecular weight is 148 g/mol. The molecular formula is C5H12N2O3. The molecule has 5 nitrogen and oxygen atoms in total. The van der Waals surface area contributed by atoms with E-state index in [2.05, 4.69) is 15.4 Å². The Kier molecular flexibility index (Phi) is 5.80. The van der Waals surface area contributed by atoms with Gasteiger partial charge < -0.3 is 20.5 Å². The van der Waals surface area contributed by atoms with Crippen LogP contribution in [0.2, 0.25) is 0 Å². The van der Waals surface area contributed by atoms with Gasteiger partial charge in [0.25, 0.3) is 0 Å². The highest BCUT2D eigenvalue weighted by atomic mass is 16.6. The molecule has 0 aliphatic heterocycles. The van der Waals surface area contributed by atoms with Gasteiger partial charge in [-0.2, -0.15) is 0 Å². The summed E-state index contributed by atoms with van der Waals surface area (Å²) in [6.07, 6.45) is -0.599. The summed E-state index contributed by atoms with van der Waals surface area (Å²) in [6.45, 7) is 0.598. The van der Waals surface area contributed by atoms with Gasteiger partial charge in [0.05, 0.1) is 0 Å². The molecule has 0 unspecified atom stereocenters. The van der Waals surface area contributed by atoms with Crippen molar-refractivity contribution in [2.45, 2.75) is 0 Å². The SMILES string of the molecule is CNCCNC(=O)OCO. The van der Waals surface area contributed by atoms with Gasteiger partial charge in [0.1, 0.15) is 0 Å². The largest absolute Gasteiger partial charge is 0.423 e. The number of alkyl carbamates (subject to hydrolysis) is 1. The maximum absolute atomic E-state index is 10.4. The first-order chi connectivity index (χ1) is 4.81. The van der Waals surface area contributed by atoms with E-state index in [0.29, 0.717) is 13.1 Å². The first-order valence-electron chi connectivity index (χ1n) is 2.97. The number of hydrogen-bond acceptors (Lipinski definition) is 4. The second kappa shape index (κ2) is 6.31. The van der Waals surface area contributed by atoms with Crippen LogP contribution < -0.4 is 10.6 Å². The van der Waals surface area contributed by atoms with Crippen LogP contribution in [0.3, 0.4) is 0 Å². The standard InChI is InChI=1S/C5H12N2O3/c1-6-2-3-7-5(9)10-4-8/h6,8H,2-4H2,1H3,(H,7,9). The number of carbonyl (C=O) groups excluding carboxylic acids is 1. The minimum Gasteiger partial charge on any atom is -0.423 e. The lowest BCUT2D eigenvalue weighted by Gasteiger charge is -2.02. The minimum atomic E-state index is -0.599. The third kappa shape index (κ3) is 5.33.